The number of benzene rings is 2. The molecule has 0 unspecified atom stereocenters. The monoisotopic (exact) mass is 535 g/mol. The molecule has 2 aromatic carbocycles. The van der Waals surface area contributed by atoms with Gasteiger partial charge in [-0.15, -0.1) is 0 Å². The maximum Gasteiger partial charge on any atom is 0.411 e. The van der Waals surface area contributed by atoms with Gasteiger partial charge in [0.1, 0.15) is 11.6 Å². The van der Waals surface area contributed by atoms with Crippen LogP contribution in [0.15, 0.2) is 60.7 Å². The number of amides is 3. The van der Waals surface area contributed by atoms with E-state index in [1.165, 1.54) is 10.5 Å². The van der Waals surface area contributed by atoms with Crippen LogP contribution >= 0.6 is 0 Å². The molecule has 1 saturated carbocycles. The maximum absolute atomic E-state index is 12.7. The van der Waals surface area contributed by atoms with Crippen molar-refractivity contribution < 1.29 is 19.1 Å². The Morgan fingerprint density at radius 3 is 1.79 bits per heavy atom. The van der Waals surface area contributed by atoms with Crippen molar-refractivity contribution in [1.29, 1.82) is 0 Å². The summed E-state index contributed by atoms with van der Waals surface area (Å²) in [6.07, 6.45) is 4.18. The molecule has 0 radical (unpaired) electrons. The van der Waals surface area contributed by atoms with Crippen molar-refractivity contribution in [1.82, 2.24) is 14.7 Å². The van der Waals surface area contributed by atoms with Gasteiger partial charge in [-0.05, 0) is 69.9 Å². The lowest BCUT2D eigenvalue weighted by molar-refractivity contribution is -0.134. The lowest BCUT2D eigenvalue weighted by Gasteiger charge is -2.33. The number of hydrogen-bond acceptors (Lipinski definition) is 4. The van der Waals surface area contributed by atoms with E-state index in [0.717, 1.165) is 31.2 Å². The first-order chi connectivity index (χ1) is 18.4. The summed E-state index contributed by atoms with van der Waals surface area (Å²) in [6.45, 7) is 5.50. The quantitative estimate of drug-likeness (QED) is 0.491. The average molecular weight is 536 g/mol. The molecule has 3 amide bonds. The second-order valence-corrected chi connectivity index (χ2v) is 12.0. The Kier molecular flexibility index (Phi) is 10.2. The summed E-state index contributed by atoms with van der Waals surface area (Å²) in [4.78, 5) is 41.9. The Bertz CT molecular complexity index is 1100. The van der Waals surface area contributed by atoms with Crippen LogP contribution in [0, 0.1) is 5.92 Å². The number of carbonyl (C=O) groups excluding carboxylic acids is 3. The van der Waals surface area contributed by atoms with E-state index < -0.39 is 17.7 Å². The van der Waals surface area contributed by atoms with Gasteiger partial charge in [-0.1, -0.05) is 60.7 Å². The lowest BCUT2D eigenvalue weighted by Crippen LogP contribution is -2.48. The maximum atomic E-state index is 12.7. The molecule has 1 saturated heterocycles. The van der Waals surface area contributed by atoms with Crippen LogP contribution in [0.5, 0.6) is 0 Å². The summed E-state index contributed by atoms with van der Waals surface area (Å²) < 4.78 is 5.55. The molecule has 1 heterocycles. The van der Waals surface area contributed by atoms with Crippen LogP contribution in [0.4, 0.5) is 4.79 Å². The van der Waals surface area contributed by atoms with Gasteiger partial charge in [-0.3, -0.25) is 14.5 Å². The number of hydrogen-bond donors (Lipinski definition) is 0. The fraction of sp³-hybridized carbons (Fsp3) is 0.531. The minimum Gasteiger partial charge on any atom is -0.444 e. The van der Waals surface area contributed by atoms with Crippen molar-refractivity contribution in [3.05, 3.63) is 71.8 Å². The molecule has 2 aromatic rings. The van der Waals surface area contributed by atoms with Crippen LogP contribution in [0.1, 0.15) is 76.0 Å². The van der Waals surface area contributed by atoms with Crippen molar-refractivity contribution in [2.75, 3.05) is 28.2 Å². The van der Waals surface area contributed by atoms with Crippen molar-refractivity contribution >= 4 is 17.9 Å². The second-order valence-electron chi connectivity index (χ2n) is 12.0. The van der Waals surface area contributed by atoms with Gasteiger partial charge in [0.2, 0.25) is 11.8 Å². The standard InChI is InChI=1S/C18H26N2O3.C14H19NO/c1-18(2,3)23-17(22)20-14(13-9-7-6-8-10-13)11-12-15(20)16(21)19(4)5;1-15(2)14(16)13-9-8-12(10-13)11-6-4-3-5-7-11/h6-10,14-15H,11-12H2,1-5H3;3-7,12-13H,8-10H2,1-2H3/t14-,15+;12-,13+/m10/s1. The third-order valence-electron chi connectivity index (χ3n) is 7.39. The topological polar surface area (TPSA) is 70.2 Å². The summed E-state index contributed by atoms with van der Waals surface area (Å²) in [6, 6.07) is 19.8. The molecule has 4 rings (SSSR count). The highest BCUT2D eigenvalue weighted by Gasteiger charge is 2.44. The Balaban J connectivity index is 0.000000230. The number of likely N-dealkylation sites (tertiary alicyclic amines) is 1. The van der Waals surface area contributed by atoms with Crippen molar-refractivity contribution in [2.45, 2.75) is 76.5 Å². The number of nitrogens with zero attached hydrogens (tertiary/aromatic N) is 3. The molecule has 1 aliphatic carbocycles. The van der Waals surface area contributed by atoms with Gasteiger partial charge in [0.15, 0.2) is 0 Å². The number of likely N-dealkylation sites (N-methyl/N-ethyl adjacent to an activating group) is 1. The molecule has 1 aliphatic heterocycles. The Labute approximate surface area is 234 Å². The SMILES string of the molecule is CN(C)C(=O)[C@@H]1CC[C@H](c2ccccc2)C1.CN(C)C(=O)[C@@H]1CC[C@H](c2ccccc2)N1C(=O)OC(C)(C)C. The van der Waals surface area contributed by atoms with Gasteiger partial charge in [0, 0.05) is 34.1 Å². The highest BCUT2D eigenvalue weighted by Crippen LogP contribution is 2.39. The third kappa shape index (κ3) is 8.07. The molecule has 39 heavy (non-hydrogen) atoms. The minimum absolute atomic E-state index is 0.0608. The van der Waals surface area contributed by atoms with Gasteiger partial charge < -0.3 is 14.5 Å². The Morgan fingerprint density at radius 1 is 0.744 bits per heavy atom. The van der Waals surface area contributed by atoms with Crippen LogP contribution < -0.4 is 0 Å². The molecule has 7 nitrogen and oxygen atoms in total. The van der Waals surface area contributed by atoms with E-state index in [4.69, 9.17) is 4.74 Å². The van der Waals surface area contributed by atoms with Crippen LogP contribution in [-0.2, 0) is 14.3 Å². The molecule has 2 aliphatic rings. The first-order valence-corrected chi connectivity index (χ1v) is 13.9. The van der Waals surface area contributed by atoms with Gasteiger partial charge in [0.05, 0.1) is 6.04 Å². The van der Waals surface area contributed by atoms with Crippen molar-refractivity contribution in [3.63, 3.8) is 0 Å². The average Bonchev–Trinajstić information content (AvgIpc) is 3.56. The van der Waals surface area contributed by atoms with E-state index >= 15 is 0 Å². The van der Waals surface area contributed by atoms with Gasteiger partial charge in [-0.25, -0.2) is 4.79 Å². The van der Waals surface area contributed by atoms with Crippen LogP contribution in [-0.4, -0.2) is 72.4 Å². The molecular weight excluding hydrogens is 490 g/mol. The van der Waals surface area contributed by atoms with E-state index in [9.17, 15) is 14.4 Å². The van der Waals surface area contributed by atoms with E-state index in [2.05, 4.69) is 24.3 Å². The number of carbonyl (C=O) groups is 3. The largest absolute Gasteiger partial charge is 0.444 e. The van der Waals surface area contributed by atoms with Crippen LogP contribution in [0.3, 0.4) is 0 Å². The smallest absolute Gasteiger partial charge is 0.411 e. The lowest BCUT2D eigenvalue weighted by atomic mass is 9.96. The molecular formula is C32H45N3O4. The van der Waals surface area contributed by atoms with E-state index in [-0.39, 0.29) is 17.9 Å². The van der Waals surface area contributed by atoms with E-state index in [1.807, 2.05) is 71.3 Å². The van der Waals surface area contributed by atoms with Gasteiger partial charge in [-0.2, -0.15) is 0 Å². The van der Waals surface area contributed by atoms with E-state index in [1.54, 1.807) is 23.9 Å². The molecule has 0 aromatic heterocycles. The van der Waals surface area contributed by atoms with Crippen LogP contribution in [0.2, 0.25) is 0 Å². The zero-order chi connectivity index (χ0) is 28.7. The number of ether oxygens (including phenoxy) is 1. The van der Waals surface area contributed by atoms with Gasteiger partial charge in [0.25, 0.3) is 0 Å². The Morgan fingerprint density at radius 2 is 1.28 bits per heavy atom. The fourth-order valence-electron chi connectivity index (χ4n) is 5.52. The van der Waals surface area contributed by atoms with Gasteiger partial charge >= 0.3 is 6.09 Å². The Hall–Kier alpha value is -3.35. The summed E-state index contributed by atoms with van der Waals surface area (Å²) in [5.41, 5.74) is 1.83. The van der Waals surface area contributed by atoms with Crippen LogP contribution in [0.25, 0.3) is 0 Å². The molecule has 7 heteroatoms. The molecule has 0 N–H and O–H groups in total. The third-order valence-corrected chi connectivity index (χ3v) is 7.39. The first-order valence-electron chi connectivity index (χ1n) is 13.9. The van der Waals surface area contributed by atoms with E-state index in [0.29, 0.717) is 18.2 Å². The summed E-state index contributed by atoms with van der Waals surface area (Å²) in [5, 5.41) is 0. The fourth-order valence-corrected chi connectivity index (χ4v) is 5.52. The molecule has 2 fully saturated rings. The van der Waals surface area contributed by atoms with Crippen molar-refractivity contribution in [3.8, 4) is 0 Å². The molecule has 0 bridgehead atoms. The predicted molar refractivity (Wildman–Crippen MR) is 154 cm³/mol. The number of rotatable bonds is 4. The predicted octanol–water partition coefficient (Wildman–Crippen LogP) is 5.87. The normalized spacial score (nSPS) is 22.5. The summed E-state index contributed by atoms with van der Waals surface area (Å²) >= 11 is 0. The second kappa shape index (κ2) is 13.1. The summed E-state index contributed by atoms with van der Waals surface area (Å²) in [7, 11) is 7.12. The molecule has 0 spiro atoms. The zero-order valence-corrected chi connectivity index (χ0v) is 24.6. The van der Waals surface area contributed by atoms with Crippen molar-refractivity contribution in [2.24, 2.45) is 5.92 Å². The first kappa shape index (κ1) is 30.2. The molecule has 212 valence electrons. The molecule has 4 atom stereocenters. The highest BCUT2D eigenvalue weighted by atomic mass is 16.6. The summed E-state index contributed by atoms with van der Waals surface area (Å²) in [5.74, 6) is 1.04. The zero-order valence-electron chi connectivity index (χ0n) is 24.6. The highest BCUT2D eigenvalue weighted by molar-refractivity contribution is 5.86. The minimum atomic E-state index is -0.591.